The summed E-state index contributed by atoms with van der Waals surface area (Å²) in [5.74, 6) is -3.18. The van der Waals surface area contributed by atoms with Crippen LogP contribution in [-0.4, -0.2) is 76.4 Å². The number of nitrogens with one attached hydrogen (secondary N) is 1. The van der Waals surface area contributed by atoms with Crippen LogP contribution in [-0.2, 0) is 11.8 Å². The molecule has 0 aliphatic carbocycles. The number of piperidine rings is 1. The van der Waals surface area contributed by atoms with Crippen molar-refractivity contribution in [3.8, 4) is 17.0 Å². The highest BCUT2D eigenvalue weighted by Gasteiger charge is 2.36. The Morgan fingerprint density at radius 1 is 1.07 bits per heavy atom. The first-order valence-electron chi connectivity index (χ1n) is 14.0. The summed E-state index contributed by atoms with van der Waals surface area (Å²) in [5, 5.41) is 2.83. The number of likely N-dealkylation sites (tertiary alicyclic amines) is 2. The van der Waals surface area contributed by atoms with Crippen LogP contribution in [0, 0.1) is 23.5 Å². The van der Waals surface area contributed by atoms with Gasteiger partial charge in [-0.15, -0.1) is 0 Å². The topological polar surface area (TPSA) is 123 Å². The highest BCUT2D eigenvalue weighted by molar-refractivity contribution is 6.34. The Balaban J connectivity index is 1.21. The number of carbonyl (C=O) groups is 3. The lowest BCUT2D eigenvalue weighted by molar-refractivity contribution is -0.136. The number of rotatable bonds is 6. The number of aromatic nitrogens is 2. The molecule has 2 aliphatic rings. The van der Waals surface area contributed by atoms with Gasteiger partial charge in [0.15, 0.2) is 17.4 Å². The Hall–Kier alpha value is -4.03. The summed E-state index contributed by atoms with van der Waals surface area (Å²) < 4.78 is 35.0. The standard InChI is InChI=1S/C30H33ClF2N6O4/c1-16-14-39(15-22(16)34)29(41)17-8-10-38(11-9-17)30(42)19-5-4-18(12-21(19)31)36-28(40)27-35-13-23(37(27)2)20-6-7-24(43-3)26(33)25(20)32/h4-7,12-13,16-17,22H,8-11,14-15,34H2,1-3H3,(H,36,40)/t16-,22-/m0/s1. The number of amides is 3. The summed E-state index contributed by atoms with van der Waals surface area (Å²) in [5.41, 5.74) is 6.78. The molecule has 0 bridgehead atoms. The number of anilines is 1. The first kappa shape index (κ1) is 30.4. The maximum Gasteiger partial charge on any atom is 0.291 e. The minimum absolute atomic E-state index is 0.00316. The summed E-state index contributed by atoms with van der Waals surface area (Å²) in [4.78, 5) is 46.8. The Bertz CT molecular complexity index is 1560. The van der Waals surface area contributed by atoms with Crippen molar-refractivity contribution >= 4 is 35.0 Å². The van der Waals surface area contributed by atoms with Crippen LogP contribution in [0.1, 0.15) is 40.7 Å². The summed E-state index contributed by atoms with van der Waals surface area (Å²) in [6.45, 7) is 4.14. The Morgan fingerprint density at radius 2 is 1.79 bits per heavy atom. The lowest BCUT2D eigenvalue weighted by Crippen LogP contribution is -2.44. The molecule has 2 aliphatic heterocycles. The minimum atomic E-state index is -1.14. The van der Waals surface area contributed by atoms with Gasteiger partial charge < -0.3 is 30.2 Å². The smallest absolute Gasteiger partial charge is 0.291 e. The fourth-order valence-electron chi connectivity index (χ4n) is 5.64. The lowest BCUT2D eigenvalue weighted by atomic mass is 9.95. The van der Waals surface area contributed by atoms with Gasteiger partial charge in [0.05, 0.1) is 29.6 Å². The Morgan fingerprint density at radius 3 is 2.42 bits per heavy atom. The molecule has 2 saturated heterocycles. The van der Waals surface area contributed by atoms with Gasteiger partial charge in [-0.05, 0) is 49.1 Å². The Labute approximate surface area is 252 Å². The van der Waals surface area contributed by atoms with Gasteiger partial charge in [-0.3, -0.25) is 14.4 Å². The van der Waals surface area contributed by atoms with Crippen LogP contribution in [0.4, 0.5) is 14.5 Å². The molecule has 0 spiro atoms. The molecule has 13 heteroatoms. The molecular weight excluding hydrogens is 582 g/mol. The van der Waals surface area contributed by atoms with E-state index in [0.29, 0.717) is 44.7 Å². The maximum absolute atomic E-state index is 14.6. The van der Waals surface area contributed by atoms with Gasteiger partial charge in [0.2, 0.25) is 11.7 Å². The van der Waals surface area contributed by atoms with Crippen molar-refractivity contribution in [3.63, 3.8) is 0 Å². The SMILES string of the molecule is COc1ccc(-c2cnc(C(=O)Nc3ccc(C(=O)N4CCC(C(=O)N5C[C@H](C)[C@@H](N)C5)CC4)c(Cl)c3)n2C)c(F)c1F. The zero-order valence-electron chi connectivity index (χ0n) is 24.1. The predicted octanol–water partition coefficient (Wildman–Crippen LogP) is 3.94. The van der Waals surface area contributed by atoms with Gasteiger partial charge >= 0.3 is 0 Å². The molecule has 2 atom stereocenters. The number of carbonyl (C=O) groups excluding carboxylic acids is 3. The van der Waals surface area contributed by atoms with Crippen LogP contribution >= 0.6 is 11.6 Å². The van der Waals surface area contributed by atoms with E-state index in [-0.39, 0.29) is 63.1 Å². The van der Waals surface area contributed by atoms with E-state index in [2.05, 4.69) is 10.3 Å². The van der Waals surface area contributed by atoms with Crippen LogP contribution in [0.15, 0.2) is 36.5 Å². The molecule has 10 nitrogen and oxygen atoms in total. The molecule has 0 saturated carbocycles. The quantitative estimate of drug-likeness (QED) is 0.434. The first-order valence-corrected chi connectivity index (χ1v) is 14.4. The van der Waals surface area contributed by atoms with E-state index >= 15 is 0 Å². The molecule has 43 heavy (non-hydrogen) atoms. The normalized spacial score (nSPS) is 19.0. The van der Waals surface area contributed by atoms with Crippen molar-refractivity contribution in [2.24, 2.45) is 24.6 Å². The van der Waals surface area contributed by atoms with E-state index in [4.69, 9.17) is 22.1 Å². The van der Waals surface area contributed by atoms with Crippen LogP contribution in [0.2, 0.25) is 5.02 Å². The second-order valence-corrected chi connectivity index (χ2v) is 11.5. The molecule has 3 N–H and O–H groups in total. The number of benzene rings is 2. The molecule has 3 amide bonds. The van der Waals surface area contributed by atoms with Crippen LogP contribution < -0.4 is 15.8 Å². The number of nitrogens with two attached hydrogens (primary N) is 1. The largest absolute Gasteiger partial charge is 0.494 e. The van der Waals surface area contributed by atoms with Crippen molar-refractivity contribution < 1.29 is 27.9 Å². The number of halogens is 3. The average molecular weight is 615 g/mol. The zero-order chi connectivity index (χ0) is 31.0. The molecule has 3 aromatic rings. The van der Waals surface area contributed by atoms with Crippen LogP contribution in [0.5, 0.6) is 5.75 Å². The second kappa shape index (κ2) is 12.3. The van der Waals surface area contributed by atoms with E-state index in [9.17, 15) is 23.2 Å². The fourth-order valence-corrected chi connectivity index (χ4v) is 5.90. The van der Waals surface area contributed by atoms with Gasteiger partial charge in [-0.2, -0.15) is 4.39 Å². The third-order valence-electron chi connectivity index (χ3n) is 8.30. The monoisotopic (exact) mass is 614 g/mol. The number of hydrogen-bond donors (Lipinski definition) is 2. The number of hydrogen-bond acceptors (Lipinski definition) is 6. The first-order chi connectivity index (χ1) is 20.5. The van der Waals surface area contributed by atoms with E-state index in [0.717, 1.165) is 0 Å². The maximum atomic E-state index is 14.6. The molecule has 2 fully saturated rings. The molecule has 1 aromatic heterocycles. The highest BCUT2D eigenvalue weighted by Crippen LogP contribution is 2.31. The van der Waals surface area contributed by atoms with Gasteiger partial charge in [-0.1, -0.05) is 18.5 Å². The molecule has 3 heterocycles. The number of methoxy groups -OCH3 is 1. The summed E-state index contributed by atoms with van der Waals surface area (Å²) in [6, 6.07) is 7.17. The van der Waals surface area contributed by atoms with Gasteiger partial charge in [0.1, 0.15) is 0 Å². The van der Waals surface area contributed by atoms with Gasteiger partial charge in [0, 0.05) is 56.4 Å². The van der Waals surface area contributed by atoms with E-state index in [1.165, 1.54) is 49.2 Å². The number of nitrogens with zero attached hydrogens (tertiary/aromatic N) is 4. The van der Waals surface area contributed by atoms with Crippen LogP contribution in [0.3, 0.4) is 0 Å². The molecule has 5 rings (SSSR count). The molecule has 0 radical (unpaired) electrons. The minimum Gasteiger partial charge on any atom is -0.494 e. The number of imidazole rings is 1. The second-order valence-electron chi connectivity index (χ2n) is 11.1. The summed E-state index contributed by atoms with van der Waals surface area (Å²) >= 11 is 6.46. The fraction of sp³-hybridized carbons (Fsp3) is 0.400. The zero-order valence-corrected chi connectivity index (χ0v) is 24.8. The van der Waals surface area contributed by atoms with Crippen molar-refractivity contribution in [1.29, 1.82) is 0 Å². The van der Waals surface area contributed by atoms with E-state index < -0.39 is 17.5 Å². The van der Waals surface area contributed by atoms with E-state index in [1.807, 2.05) is 11.8 Å². The molecule has 0 unspecified atom stereocenters. The van der Waals surface area contributed by atoms with Crippen molar-refractivity contribution in [2.45, 2.75) is 25.8 Å². The average Bonchev–Trinajstić information content (AvgIpc) is 3.54. The highest BCUT2D eigenvalue weighted by atomic mass is 35.5. The third-order valence-corrected chi connectivity index (χ3v) is 8.62. The summed E-state index contributed by atoms with van der Waals surface area (Å²) in [6.07, 6.45) is 2.40. The van der Waals surface area contributed by atoms with Crippen molar-refractivity contribution in [3.05, 3.63) is 64.6 Å². The molecular formula is C30H33ClF2N6O4. The third kappa shape index (κ3) is 5.94. The van der Waals surface area contributed by atoms with Gasteiger partial charge in [0.25, 0.3) is 11.8 Å². The van der Waals surface area contributed by atoms with Crippen molar-refractivity contribution in [1.82, 2.24) is 19.4 Å². The van der Waals surface area contributed by atoms with Crippen LogP contribution in [0.25, 0.3) is 11.3 Å². The van der Waals surface area contributed by atoms with Gasteiger partial charge in [-0.25, -0.2) is 9.37 Å². The Kier molecular flexibility index (Phi) is 8.70. The lowest BCUT2D eigenvalue weighted by Gasteiger charge is -2.33. The number of ether oxygens (including phenoxy) is 1. The predicted molar refractivity (Wildman–Crippen MR) is 157 cm³/mol. The molecule has 228 valence electrons. The van der Waals surface area contributed by atoms with Crippen molar-refractivity contribution in [2.75, 3.05) is 38.6 Å². The molecule has 2 aromatic carbocycles. The summed E-state index contributed by atoms with van der Waals surface area (Å²) in [7, 11) is 2.74. The van der Waals surface area contributed by atoms with E-state index in [1.54, 1.807) is 11.0 Å².